The monoisotopic (exact) mass is 403 g/mol. The molecule has 1 aliphatic rings. The maximum Gasteiger partial charge on any atom is 0.311 e. The third-order valence-corrected chi connectivity index (χ3v) is 5.38. The van der Waals surface area contributed by atoms with Crippen LogP contribution in [0.15, 0.2) is 18.2 Å². The molecule has 0 atom stereocenters. The SMILES string of the molecule is CNCC1CCN(C(=O)CSCc2ccc(OC)c([N+](=O)[O-])c2)CC1.Cl. The molecule has 26 heavy (non-hydrogen) atoms. The number of nitrogens with zero attached hydrogens (tertiary/aromatic N) is 2. The fraction of sp³-hybridized carbons (Fsp3) is 0.588. The van der Waals surface area contributed by atoms with E-state index in [2.05, 4.69) is 5.32 Å². The highest BCUT2D eigenvalue weighted by molar-refractivity contribution is 7.99. The topological polar surface area (TPSA) is 84.7 Å². The minimum absolute atomic E-state index is 0. The predicted octanol–water partition coefficient (Wildman–Crippen LogP) is 2.72. The number of amides is 1. The Morgan fingerprint density at radius 3 is 2.69 bits per heavy atom. The second kappa shape index (κ2) is 11.3. The summed E-state index contributed by atoms with van der Waals surface area (Å²) in [5.74, 6) is 2.01. The van der Waals surface area contributed by atoms with Gasteiger partial charge in [-0.2, -0.15) is 0 Å². The summed E-state index contributed by atoms with van der Waals surface area (Å²) in [6.07, 6.45) is 2.09. The molecule has 1 N–H and O–H groups in total. The van der Waals surface area contributed by atoms with Crippen molar-refractivity contribution < 1.29 is 14.5 Å². The van der Waals surface area contributed by atoms with Crippen LogP contribution in [-0.4, -0.2) is 55.3 Å². The van der Waals surface area contributed by atoms with Gasteiger partial charge in [0.2, 0.25) is 5.91 Å². The summed E-state index contributed by atoms with van der Waals surface area (Å²) in [6.45, 7) is 2.65. The van der Waals surface area contributed by atoms with E-state index < -0.39 is 4.92 Å². The van der Waals surface area contributed by atoms with Gasteiger partial charge in [0.25, 0.3) is 0 Å². The standard InChI is InChI=1S/C17H25N3O4S.ClH/c1-18-10-13-5-7-19(8-6-13)17(21)12-25-11-14-3-4-16(24-2)15(9-14)20(22)23;/h3-4,9,13,18H,5-8,10-12H2,1-2H3;1H. The van der Waals surface area contributed by atoms with Gasteiger partial charge in [-0.25, -0.2) is 0 Å². The number of hydrogen-bond acceptors (Lipinski definition) is 6. The molecule has 0 radical (unpaired) electrons. The number of ether oxygens (including phenoxy) is 1. The number of halogens is 1. The molecule has 7 nitrogen and oxygen atoms in total. The largest absolute Gasteiger partial charge is 0.490 e. The lowest BCUT2D eigenvalue weighted by Crippen LogP contribution is -2.41. The van der Waals surface area contributed by atoms with Crippen LogP contribution in [0.25, 0.3) is 0 Å². The van der Waals surface area contributed by atoms with Gasteiger partial charge >= 0.3 is 5.69 Å². The minimum atomic E-state index is -0.451. The van der Waals surface area contributed by atoms with Gasteiger partial charge in [0, 0.05) is 24.9 Å². The van der Waals surface area contributed by atoms with Gasteiger partial charge in [0.1, 0.15) is 0 Å². The van der Waals surface area contributed by atoms with Crippen molar-refractivity contribution in [1.82, 2.24) is 10.2 Å². The quantitative estimate of drug-likeness (QED) is 0.530. The Bertz CT molecular complexity index is 610. The molecule has 0 aromatic heterocycles. The Morgan fingerprint density at radius 1 is 1.42 bits per heavy atom. The number of nitrogens with one attached hydrogen (secondary N) is 1. The molecule has 1 amide bonds. The van der Waals surface area contributed by atoms with Crippen LogP contribution < -0.4 is 10.1 Å². The number of hydrogen-bond donors (Lipinski definition) is 1. The molecule has 0 saturated carbocycles. The van der Waals surface area contributed by atoms with Gasteiger partial charge in [-0.15, -0.1) is 24.2 Å². The number of likely N-dealkylation sites (tertiary alicyclic amines) is 1. The Kier molecular flexibility index (Phi) is 9.75. The first kappa shape index (κ1) is 22.5. The first-order valence-corrected chi connectivity index (χ1v) is 9.52. The van der Waals surface area contributed by atoms with E-state index in [4.69, 9.17) is 4.74 Å². The van der Waals surface area contributed by atoms with Crippen LogP contribution in [0.3, 0.4) is 0 Å². The molecule has 9 heteroatoms. The number of rotatable bonds is 8. The van der Waals surface area contributed by atoms with E-state index >= 15 is 0 Å². The van der Waals surface area contributed by atoms with Crippen LogP contribution in [0.5, 0.6) is 5.75 Å². The molecule has 0 aliphatic carbocycles. The molecule has 1 aromatic carbocycles. The lowest BCUT2D eigenvalue weighted by atomic mass is 9.97. The zero-order chi connectivity index (χ0) is 18.2. The van der Waals surface area contributed by atoms with Crippen LogP contribution in [0.2, 0.25) is 0 Å². The summed E-state index contributed by atoms with van der Waals surface area (Å²) >= 11 is 1.49. The van der Waals surface area contributed by atoms with E-state index in [0.29, 0.717) is 17.4 Å². The second-order valence-corrected chi connectivity index (χ2v) is 7.12. The molecule has 1 saturated heterocycles. The summed E-state index contributed by atoms with van der Waals surface area (Å²) in [5.41, 5.74) is 0.775. The van der Waals surface area contributed by atoms with Crippen LogP contribution in [0.4, 0.5) is 5.69 Å². The molecule has 1 aliphatic heterocycles. The zero-order valence-corrected chi connectivity index (χ0v) is 16.7. The van der Waals surface area contributed by atoms with Gasteiger partial charge in [0.05, 0.1) is 17.8 Å². The highest BCUT2D eigenvalue weighted by Crippen LogP contribution is 2.29. The Labute approximate surface area is 164 Å². The van der Waals surface area contributed by atoms with E-state index in [9.17, 15) is 14.9 Å². The molecule has 0 unspecified atom stereocenters. The molecule has 0 spiro atoms. The van der Waals surface area contributed by atoms with Crippen LogP contribution in [-0.2, 0) is 10.5 Å². The fourth-order valence-corrected chi connectivity index (χ4v) is 3.87. The third kappa shape index (κ3) is 6.34. The predicted molar refractivity (Wildman–Crippen MR) is 106 cm³/mol. The zero-order valence-electron chi connectivity index (χ0n) is 15.1. The molecule has 2 rings (SSSR count). The van der Waals surface area contributed by atoms with Gasteiger partial charge in [-0.3, -0.25) is 14.9 Å². The second-order valence-electron chi connectivity index (χ2n) is 6.14. The summed E-state index contributed by atoms with van der Waals surface area (Å²) in [7, 11) is 3.37. The fourth-order valence-electron chi connectivity index (χ4n) is 2.99. The summed E-state index contributed by atoms with van der Waals surface area (Å²) in [5, 5.41) is 14.2. The smallest absolute Gasteiger partial charge is 0.311 e. The Balaban J connectivity index is 0.00000338. The van der Waals surface area contributed by atoms with E-state index in [1.807, 2.05) is 11.9 Å². The molecular weight excluding hydrogens is 378 g/mol. The van der Waals surface area contributed by atoms with Crippen molar-refractivity contribution in [2.45, 2.75) is 18.6 Å². The molecule has 1 aromatic rings. The Hall–Kier alpha value is -1.51. The summed E-state index contributed by atoms with van der Waals surface area (Å²) < 4.78 is 5.00. The number of nitro benzene ring substituents is 1. The number of carbonyl (C=O) groups is 1. The number of carbonyl (C=O) groups excluding carboxylic acids is 1. The van der Waals surface area contributed by atoms with Crippen molar-refractivity contribution in [3.63, 3.8) is 0 Å². The lowest BCUT2D eigenvalue weighted by molar-refractivity contribution is -0.385. The van der Waals surface area contributed by atoms with Crippen molar-refractivity contribution in [2.75, 3.05) is 39.5 Å². The van der Waals surface area contributed by atoms with Crippen LogP contribution in [0, 0.1) is 16.0 Å². The maximum atomic E-state index is 12.3. The third-order valence-electron chi connectivity index (χ3n) is 4.39. The number of piperidine rings is 1. The summed E-state index contributed by atoms with van der Waals surface area (Å²) in [6, 6.07) is 4.91. The summed E-state index contributed by atoms with van der Waals surface area (Å²) in [4.78, 5) is 24.8. The maximum absolute atomic E-state index is 12.3. The molecule has 146 valence electrons. The number of methoxy groups -OCH3 is 1. The lowest BCUT2D eigenvalue weighted by Gasteiger charge is -2.31. The normalized spacial score (nSPS) is 14.6. The van der Waals surface area contributed by atoms with Crippen LogP contribution in [0.1, 0.15) is 18.4 Å². The average molecular weight is 404 g/mol. The van der Waals surface area contributed by atoms with Crippen molar-refractivity contribution >= 4 is 35.8 Å². The van der Waals surface area contributed by atoms with Gasteiger partial charge in [0.15, 0.2) is 5.75 Å². The van der Waals surface area contributed by atoms with Gasteiger partial charge in [-0.05, 0) is 44.0 Å². The molecular formula is C17H26ClN3O4S. The van der Waals surface area contributed by atoms with Crippen LogP contribution >= 0.6 is 24.2 Å². The average Bonchev–Trinajstić information content (AvgIpc) is 2.62. The highest BCUT2D eigenvalue weighted by atomic mass is 35.5. The van der Waals surface area contributed by atoms with Crippen molar-refractivity contribution in [2.24, 2.45) is 5.92 Å². The van der Waals surface area contributed by atoms with E-state index in [-0.39, 0.29) is 29.8 Å². The minimum Gasteiger partial charge on any atom is -0.490 e. The van der Waals surface area contributed by atoms with Crippen molar-refractivity contribution in [3.05, 3.63) is 33.9 Å². The van der Waals surface area contributed by atoms with E-state index in [1.54, 1.807) is 12.1 Å². The molecule has 1 fully saturated rings. The number of benzene rings is 1. The van der Waals surface area contributed by atoms with Gasteiger partial charge < -0.3 is 15.0 Å². The van der Waals surface area contributed by atoms with Gasteiger partial charge in [-0.1, -0.05) is 6.07 Å². The Morgan fingerprint density at radius 2 is 2.12 bits per heavy atom. The van der Waals surface area contributed by atoms with E-state index in [0.717, 1.165) is 38.0 Å². The van der Waals surface area contributed by atoms with Crippen molar-refractivity contribution in [3.8, 4) is 5.75 Å². The first-order valence-electron chi connectivity index (χ1n) is 8.36. The van der Waals surface area contributed by atoms with E-state index in [1.165, 1.54) is 24.9 Å². The number of nitro groups is 1. The molecule has 0 bridgehead atoms. The highest BCUT2D eigenvalue weighted by Gasteiger charge is 2.22. The number of thioether (sulfide) groups is 1. The first-order chi connectivity index (χ1) is 12.0. The van der Waals surface area contributed by atoms with Crippen molar-refractivity contribution in [1.29, 1.82) is 0 Å². The molecule has 1 heterocycles.